The van der Waals surface area contributed by atoms with Gasteiger partial charge in [0.2, 0.25) is 0 Å². The standard InChI is InChI=1S/C12H12N2O5/c1-16-7-4-5-8(9(6-7)17-2)10-13-14-11(19-10)12(15)18-3/h4-6H,1-3H3. The second kappa shape index (κ2) is 5.38. The second-order valence-corrected chi connectivity index (χ2v) is 3.47. The Morgan fingerprint density at radius 3 is 2.58 bits per heavy atom. The number of hydrogen-bond acceptors (Lipinski definition) is 7. The van der Waals surface area contributed by atoms with Crippen LogP contribution in [0.1, 0.15) is 10.7 Å². The number of aromatic nitrogens is 2. The number of hydrogen-bond donors (Lipinski definition) is 0. The number of esters is 1. The Morgan fingerprint density at radius 2 is 1.95 bits per heavy atom. The SMILES string of the molecule is COC(=O)c1nnc(-c2ccc(OC)cc2OC)o1. The summed E-state index contributed by atoms with van der Waals surface area (Å²) in [5.74, 6) is 0.397. The minimum absolute atomic E-state index is 0.167. The van der Waals surface area contributed by atoms with Gasteiger partial charge in [0.1, 0.15) is 11.5 Å². The van der Waals surface area contributed by atoms with Crippen LogP contribution in [0.2, 0.25) is 0 Å². The van der Waals surface area contributed by atoms with Gasteiger partial charge in [-0.1, -0.05) is 0 Å². The first kappa shape index (κ1) is 12.9. The van der Waals surface area contributed by atoms with E-state index >= 15 is 0 Å². The van der Waals surface area contributed by atoms with Crippen molar-refractivity contribution in [1.82, 2.24) is 10.2 Å². The lowest BCUT2D eigenvalue weighted by molar-refractivity contribution is 0.0556. The lowest BCUT2D eigenvalue weighted by Crippen LogP contribution is -2.00. The topological polar surface area (TPSA) is 83.7 Å². The average molecular weight is 264 g/mol. The number of nitrogens with zero attached hydrogens (tertiary/aromatic N) is 2. The maximum absolute atomic E-state index is 11.2. The molecular weight excluding hydrogens is 252 g/mol. The number of carbonyl (C=O) groups excluding carboxylic acids is 1. The summed E-state index contributed by atoms with van der Waals surface area (Å²) in [5, 5.41) is 7.38. The molecule has 0 unspecified atom stereocenters. The van der Waals surface area contributed by atoms with E-state index in [0.717, 1.165) is 0 Å². The Morgan fingerprint density at radius 1 is 1.16 bits per heavy atom. The van der Waals surface area contributed by atoms with Gasteiger partial charge >= 0.3 is 11.9 Å². The molecule has 7 heteroatoms. The van der Waals surface area contributed by atoms with E-state index < -0.39 is 5.97 Å². The molecule has 2 rings (SSSR count). The minimum Gasteiger partial charge on any atom is -0.497 e. The number of methoxy groups -OCH3 is 3. The third-order valence-corrected chi connectivity index (χ3v) is 2.42. The Hall–Kier alpha value is -2.57. The Labute approximate surface area is 109 Å². The van der Waals surface area contributed by atoms with Gasteiger partial charge in [-0.25, -0.2) is 4.79 Å². The van der Waals surface area contributed by atoms with Crippen molar-refractivity contribution in [3.63, 3.8) is 0 Å². The fourth-order valence-corrected chi connectivity index (χ4v) is 1.48. The lowest BCUT2D eigenvalue weighted by Gasteiger charge is -2.07. The van der Waals surface area contributed by atoms with Crippen molar-refractivity contribution in [2.45, 2.75) is 0 Å². The highest BCUT2D eigenvalue weighted by Gasteiger charge is 2.18. The molecule has 0 amide bonds. The van der Waals surface area contributed by atoms with Crippen LogP contribution < -0.4 is 9.47 Å². The van der Waals surface area contributed by atoms with E-state index in [1.54, 1.807) is 25.3 Å². The molecule has 0 aliphatic heterocycles. The van der Waals surface area contributed by atoms with Crippen molar-refractivity contribution in [3.8, 4) is 23.0 Å². The highest BCUT2D eigenvalue weighted by atomic mass is 16.5. The first-order valence-electron chi connectivity index (χ1n) is 5.33. The summed E-state index contributed by atoms with van der Waals surface area (Å²) in [5.41, 5.74) is 0.561. The zero-order valence-electron chi connectivity index (χ0n) is 10.7. The van der Waals surface area contributed by atoms with Crippen LogP contribution in [-0.2, 0) is 4.74 Å². The summed E-state index contributed by atoms with van der Waals surface area (Å²) in [6, 6.07) is 5.10. The fraction of sp³-hybridized carbons (Fsp3) is 0.250. The summed E-state index contributed by atoms with van der Waals surface area (Å²) in [7, 11) is 4.30. The monoisotopic (exact) mass is 264 g/mol. The van der Waals surface area contributed by atoms with Crippen LogP contribution in [0.3, 0.4) is 0 Å². The molecule has 19 heavy (non-hydrogen) atoms. The molecule has 2 aromatic rings. The average Bonchev–Trinajstić information content (AvgIpc) is 2.95. The molecule has 0 aliphatic rings. The normalized spacial score (nSPS) is 10.1. The van der Waals surface area contributed by atoms with Gasteiger partial charge in [0.25, 0.3) is 5.89 Å². The van der Waals surface area contributed by atoms with E-state index in [0.29, 0.717) is 17.1 Å². The lowest BCUT2D eigenvalue weighted by atomic mass is 10.2. The first-order chi connectivity index (χ1) is 9.19. The molecule has 0 N–H and O–H groups in total. The summed E-state index contributed by atoms with van der Waals surface area (Å²) >= 11 is 0. The highest BCUT2D eigenvalue weighted by molar-refractivity contribution is 5.84. The van der Waals surface area contributed by atoms with Crippen LogP contribution in [0.4, 0.5) is 0 Å². The van der Waals surface area contributed by atoms with Crippen molar-refractivity contribution in [3.05, 3.63) is 24.1 Å². The van der Waals surface area contributed by atoms with E-state index in [-0.39, 0.29) is 11.8 Å². The second-order valence-electron chi connectivity index (χ2n) is 3.47. The Kier molecular flexibility index (Phi) is 3.65. The van der Waals surface area contributed by atoms with Crippen LogP contribution in [0.25, 0.3) is 11.5 Å². The molecular formula is C12H12N2O5. The van der Waals surface area contributed by atoms with Gasteiger partial charge < -0.3 is 18.6 Å². The summed E-state index contributed by atoms with van der Waals surface area (Å²) < 4.78 is 20.0. The third kappa shape index (κ3) is 2.49. The largest absolute Gasteiger partial charge is 0.497 e. The molecule has 0 radical (unpaired) electrons. The molecule has 0 aliphatic carbocycles. The smallest absolute Gasteiger partial charge is 0.396 e. The van der Waals surface area contributed by atoms with Crippen molar-refractivity contribution in [1.29, 1.82) is 0 Å². The highest BCUT2D eigenvalue weighted by Crippen LogP contribution is 2.32. The molecule has 7 nitrogen and oxygen atoms in total. The molecule has 0 saturated carbocycles. The van der Waals surface area contributed by atoms with Crippen LogP contribution in [0.5, 0.6) is 11.5 Å². The van der Waals surface area contributed by atoms with Gasteiger partial charge in [-0.05, 0) is 12.1 Å². The van der Waals surface area contributed by atoms with Crippen molar-refractivity contribution < 1.29 is 23.4 Å². The summed E-state index contributed by atoms with van der Waals surface area (Å²) in [6.45, 7) is 0. The molecule has 1 heterocycles. The van der Waals surface area contributed by atoms with E-state index in [2.05, 4.69) is 14.9 Å². The van der Waals surface area contributed by atoms with Crippen molar-refractivity contribution in [2.75, 3.05) is 21.3 Å². The van der Waals surface area contributed by atoms with E-state index in [4.69, 9.17) is 13.9 Å². The summed E-state index contributed by atoms with van der Waals surface area (Å²) in [4.78, 5) is 11.2. The molecule has 0 saturated heterocycles. The zero-order valence-corrected chi connectivity index (χ0v) is 10.7. The van der Waals surface area contributed by atoms with E-state index in [1.165, 1.54) is 14.2 Å². The molecule has 1 aromatic heterocycles. The maximum atomic E-state index is 11.2. The quantitative estimate of drug-likeness (QED) is 0.774. The Bertz CT molecular complexity index is 594. The zero-order chi connectivity index (χ0) is 13.8. The van der Waals surface area contributed by atoms with Gasteiger partial charge in [0.15, 0.2) is 0 Å². The van der Waals surface area contributed by atoms with Gasteiger partial charge in [0, 0.05) is 6.07 Å². The predicted octanol–water partition coefficient (Wildman–Crippen LogP) is 1.54. The number of carbonyl (C=O) groups is 1. The molecule has 0 spiro atoms. The molecule has 0 bridgehead atoms. The van der Waals surface area contributed by atoms with Crippen LogP contribution in [-0.4, -0.2) is 37.5 Å². The number of ether oxygens (including phenoxy) is 3. The number of benzene rings is 1. The van der Waals surface area contributed by atoms with Crippen molar-refractivity contribution >= 4 is 5.97 Å². The van der Waals surface area contributed by atoms with Gasteiger partial charge in [-0.2, -0.15) is 0 Å². The summed E-state index contributed by atoms with van der Waals surface area (Å²) in [6.07, 6.45) is 0. The van der Waals surface area contributed by atoms with Crippen molar-refractivity contribution in [2.24, 2.45) is 0 Å². The maximum Gasteiger partial charge on any atom is 0.396 e. The first-order valence-corrected chi connectivity index (χ1v) is 5.33. The van der Waals surface area contributed by atoms with Crippen LogP contribution in [0.15, 0.2) is 22.6 Å². The molecule has 100 valence electrons. The van der Waals surface area contributed by atoms with Crippen LogP contribution >= 0.6 is 0 Å². The minimum atomic E-state index is -0.689. The van der Waals surface area contributed by atoms with Gasteiger partial charge in [-0.3, -0.25) is 0 Å². The molecule has 1 aromatic carbocycles. The van der Waals surface area contributed by atoms with Gasteiger partial charge in [0.05, 0.1) is 26.9 Å². The van der Waals surface area contributed by atoms with E-state index in [1.807, 2.05) is 0 Å². The predicted molar refractivity (Wildman–Crippen MR) is 64.2 cm³/mol. The fourth-order valence-electron chi connectivity index (χ4n) is 1.48. The van der Waals surface area contributed by atoms with Gasteiger partial charge in [-0.15, -0.1) is 10.2 Å². The molecule has 0 atom stereocenters. The number of rotatable bonds is 4. The van der Waals surface area contributed by atoms with E-state index in [9.17, 15) is 4.79 Å². The Balaban J connectivity index is 2.41. The van der Waals surface area contributed by atoms with Crippen LogP contribution in [0, 0.1) is 0 Å². The molecule has 0 fully saturated rings. The third-order valence-electron chi connectivity index (χ3n) is 2.42.